The average Bonchev–Trinajstić information content (AvgIpc) is 2.70. The lowest BCUT2D eigenvalue weighted by atomic mass is 10.2. The minimum Gasteiger partial charge on any atom is -0.497 e. The zero-order valence-corrected chi connectivity index (χ0v) is 18.7. The van der Waals surface area contributed by atoms with Crippen molar-refractivity contribution >= 4 is 11.8 Å². The first-order valence-electron chi connectivity index (χ1n) is 9.68. The van der Waals surface area contributed by atoms with Gasteiger partial charge in [0, 0.05) is 16.5 Å². The van der Waals surface area contributed by atoms with E-state index in [4.69, 9.17) is 9.47 Å². The third kappa shape index (κ3) is 4.79. The van der Waals surface area contributed by atoms with Gasteiger partial charge in [-0.2, -0.15) is 0 Å². The van der Waals surface area contributed by atoms with E-state index in [2.05, 4.69) is 11.1 Å². The summed E-state index contributed by atoms with van der Waals surface area (Å²) >= 11 is 1.41. The zero-order chi connectivity index (χ0) is 21.8. The molecular weight excluding hydrogens is 400 g/mol. The molecular formula is C23H26N2O4S. The van der Waals surface area contributed by atoms with Crippen LogP contribution in [0.15, 0.2) is 55.9 Å². The van der Waals surface area contributed by atoms with Crippen LogP contribution in [0.2, 0.25) is 0 Å². The zero-order valence-electron chi connectivity index (χ0n) is 17.9. The molecule has 0 aliphatic carbocycles. The lowest BCUT2D eigenvalue weighted by Gasteiger charge is -2.13. The van der Waals surface area contributed by atoms with Crippen molar-refractivity contribution in [2.75, 3.05) is 14.2 Å². The maximum atomic E-state index is 13.1. The van der Waals surface area contributed by atoms with Crippen molar-refractivity contribution in [2.45, 2.75) is 43.7 Å². The summed E-state index contributed by atoms with van der Waals surface area (Å²) < 4.78 is 11.8. The topological polar surface area (TPSA) is 73.3 Å². The molecule has 0 unspecified atom stereocenters. The molecule has 0 bridgehead atoms. The highest BCUT2D eigenvalue weighted by molar-refractivity contribution is 7.99. The second kappa shape index (κ2) is 9.26. The molecule has 6 nitrogen and oxygen atoms in total. The predicted octanol–water partition coefficient (Wildman–Crippen LogP) is 3.93. The smallest absolute Gasteiger partial charge is 0.329 e. The fraction of sp³-hybridized carbons (Fsp3) is 0.304. The molecule has 0 amide bonds. The molecule has 3 aromatic rings. The van der Waals surface area contributed by atoms with Gasteiger partial charge in [0.1, 0.15) is 11.5 Å². The van der Waals surface area contributed by atoms with E-state index >= 15 is 0 Å². The van der Waals surface area contributed by atoms with E-state index in [-0.39, 0.29) is 12.1 Å². The molecule has 0 saturated carbocycles. The van der Waals surface area contributed by atoms with Crippen LogP contribution in [0.4, 0.5) is 0 Å². The fourth-order valence-corrected chi connectivity index (χ4v) is 4.60. The van der Waals surface area contributed by atoms with Gasteiger partial charge in [-0.05, 0) is 61.2 Å². The second-order valence-corrected chi connectivity index (χ2v) is 8.21. The van der Waals surface area contributed by atoms with Crippen molar-refractivity contribution in [1.29, 1.82) is 0 Å². The highest BCUT2D eigenvalue weighted by Crippen LogP contribution is 2.29. The molecule has 1 aromatic heterocycles. The standard InChI is InChI=1S/C23H26N2O4S/c1-6-20-21(30-19-8-14(2)7-15(3)9-19)24-23(27)25(22(20)26)13-16-10-17(28-4)12-18(11-16)29-5/h7-12H,6,13H2,1-5H3,(H,24,27). The first-order chi connectivity index (χ1) is 14.3. The molecule has 1 N–H and O–H groups in total. The first kappa shape index (κ1) is 21.8. The Hall–Kier alpha value is -2.93. The summed E-state index contributed by atoms with van der Waals surface area (Å²) in [5.74, 6) is 1.21. The molecule has 0 aliphatic rings. The van der Waals surface area contributed by atoms with Crippen LogP contribution >= 0.6 is 11.8 Å². The van der Waals surface area contributed by atoms with E-state index in [1.807, 2.05) is 32.9 Å². The fourth-order valence-electron chi connectivity index (χ4n) is 3.38. The maximum Gasteiger partial charge on any atom is 0.329 e. The van der Waals surface area contributed by atoms with Gasteiger partial charge in [-0.15, -0.1) is 0 Å². The van der Waals surface area contributed by atoms with Crippen molar-refractivity contribution in [1.82, 2.24) is 9.55 Å². The summed E-state index contributed by atoms with van der Waals surface area (Å²) in [5, 5.41) is 0.594. The SMILES string of the molecule is CCc1c(Sc2cc(C)cc(C)c2)[nH]c(=O)n(Cc2cc(OC)cc(OC)c2)c1=O. The van der Waals surface area contributed by atoms with Gasteiger partial charge in [0.15, 0.2) is 0 Å². The minimum atomic E-state index is -0.439. The van der Waals surface area contributed by atoms with Gasteiger partial charge in [-0.1, -0.05) is 24.8 Å². The molecule has 7 heteroatoms. The number of rotatable bonds is 7. The van der Waals surface area contributed by atoms with Crippen LogP contribution in [0.5, 0.6) is 11.5 Å². The Morgan fingerprint density at radius 1 is 0.933 bits per heavy atom. The van der Waals surface area contributed by atoms with Gasteiger partial charge >= 0.3 is 5.69 Å². The monoisotopic (exact) mass is 426 g/mol. The van der Waals surface area contributed by atoms with Gasteiger partial charge in [0.2, 0.25) is 0 Å². The average molecular weight is 427 g/mol. The Morgan fingerprint density at radius 3 is 2.07 bits per heavy atom. The van der Waals surface area contributed by atoms with Gasteiger partial charge in [-0.3, -0.25) is 9.36 Å². The molecule has 0 atom stereocenters. The number of ether oxygens (including phenoxy) is 2. The van der Waals surface area contributed by atoms with Crippen molar-refractivity contribution in [3.63, 3.8) is 0 Å². The molecule has 158 valence electrons. The van der Waals surface area contributed by atoms with Crippen molar-refractivity contribution in [2.24, 2.45) is 0 Å². The van der Waals surface area contributed by atoms with Gasteiger partial charge in [-0.25, -0.2) is 4.79 Å². The molecule has 2 aromatic carbocycles. The number of aromatic nitrogens is 2. The largest absolute Gasteiger partial charge is 0.497 e. The van der Waals surface area contributed by atoms with E-state index in [1.54, 1.807) is 32.4 Å². The third-order valence-electron chi connectivity index (χ3n) is 4.76. The summed E-state index contributed by atoms with van der Waals surface area (Å²) in [6, 6.07) is 11.5. The van der Waals surface area contributed by atoms with Gasteiger partial charge < -0.3 is 14.5 Å². The highest BCUT2D eigenvalue weighted by atomic mass is 32.2. The number of aromatic amines is 1. The number of nitrogens with zero attached hydrogens (tertiary/aromatic N) is 1. The van der Waals surface area contributed by atoms with Crippen molar-refractivity contribution < 1.29 is 9.47 Å². The highest BCUT2D eigenvalue weighted by Gasteiger charge is 2.15. The second-order valence-electron chi connectivity index (χ2n) is 7.13. The quantitative estimate of drug-likeness (QED) is 0.580. The van der Waals surface area contributed by atoms with Crippen LogP contribution in [-0.2, 0) is 13.0 Å². The van der Waals surface area contributed by atoms with Crippen LogP contribution in [0.1, 0.15) is 29.2 Å². The lowest BCUT2D eigenvalue weighted by Crippen LogP contribution is -2.38. The number of benzene rings is 2. The van der Waals surface area contributed by atoms with Crippen molar-refractivity contribution in [3.05, 3.63) is 79.5 Å². The summed E-state index contributed by atoms with van der Waals surface area (Å²) in [5.41, 5.74) is 2.89. The van der Waals surface area contributed by atoms with Crippen LogP contribution in [0.25, 0.3) is 0 Å². The van der Waals surface area contributed by atoms with E-state index in [0.717, 1.165) is 21.6 Å². The normalized spacial score (nSPS) is 10.8. The van der Waals surface area contributed by atoms with Gasteiger partial charge in [0.25, 0.3) is 5.56 Å². The molecule has 0 radical (unpaired) electrons. The van der Waals surface area contributed by atoms with E-state index in [0.29, 0.717) is 28.5 Å². The molecule has 3 rings (SSSR count). The van der Waals surface area contributed by atoms with Crippen LogP contribution in [0.3, 0.4) is 0 Å². The predicted molar refractivity (Wildman–Crippen MR) is 119 cm³/mol. The lowest BCUT2D eigenvalue weighted by molar-refractivity contribution is 0.393. The van der Waals surface area contributed by atoms with Crippen LogP contribution < -0.4 is 20.7 Å². The van der Waals surface area contributed by atoms with Crippen molar-refractivity contribution in [3.8, 4) is 11.5 Å². The molecule has 1 heterocycles. The summed E-state index contributed by atoms with van der Waals surface area (Å²) in [6.07, 6.45) is 0.518. The van der Waals surface area contributed by atoms with Gasteiger partial charge in [0.05, 0.1) is 25.8 Å². The summed E-state index contributed by atoms with van der Waals surface area (Å²) in [7, 11) is 3.12. The molecule has 0 fully saturated rings. The number of H-pyrrole nitrogens is 1. The number of nitrogens with one attached hydrogen (secondary N) is 1. The molecule has 30 heavy (non-hydrogen) atoms. The number of hydrogen-bond acceptors (Lipinski definition) is 5. The molecule has 0 saturated heterocycles. The molecule has 0 aliphatic heterocycles. The molecule has 0 spiro atoms. The Bertz CT molecular complexity index is 1140. The summed E-state index contributed by atoms with van der Waals surface area (Å²) in [4.78, 5) is 29.8. The maximum absolute atomic E-state index is 13.1. The number of aryl methyl sites for hydroxylation is 2. The third-order valence-corrected chi connectivity index (χ3v) is 5.79. The van der Waals surface area contributed by atoms with Crippen LogP contribution in [0, 0.1) is 13.8 Å². The summed E-state index contributed by atoms with van der Waals surface area (Å²) in [6.45, 7) is 6.10. The first-order valence-corrected chi connectivity index (χ1v) is 10.5. The van der Waals surface area contributed by atoms with E-state index in [9.17, 15) is 9.59 Å². The van der Waals surface area contributed by atoms with Crippen LogP contribution in [-0.4, -0.2) is 23.8 Å². The number of hydrogen-bond donors (Lipinski definition) is 1. The Kier molecular flexibility index (Phi) is 6.72. The Labute approximate surface area is 179 Å². The van der Waals surface area contributed by atoms with E-state index in [1.165, 1.54) is 16.3 Å². The minimum absolute atomic E-state index is 0.128. The Morgan fingerprint density at radius 2 is 1.53 bits per heavy atom. The Balaban J connectivity index is 2.02. The number of methoxy groups -OCH3 is 2. The van der Waals surface area contributed by atoms with E-state index < -0.39 is 5.69 Å².